The number of nitrogens with zero attached hydrogens (tertiary/aromatic N) is 1. The van der Waals surface area contributed by atoms with Gasteiger partial charge < -0.3 is 4.84 Å². The van der Waals surface area contributed by atoms with Crippen molar-refractivity contribution in [1.29, 1.82) is 0 Å². The van der Waals surface area contributed by atoms with Crippen molar-refractivity contribution in [3.05, 3.63) is 5.21 Å². The molecule has 0 spiro atoms. The lowest BCUT2D eigenvalue weighted by Crippen LogP contribution is -2.07. The van der Waals surface area contributed by atoms with Crippen LogP contribution in [0.25, 0.3) is 0 Å². The highest BCUT2D eigenvalue weighted by Crippen LogP contribution is 1.66. The van der Waals surface area contributed by atoms with E-state index in [1.165, 1.54) is 14.0 Å². The van der Waals surface area contributed by atoms with Crippen LogP contribution in [0.2, 0.25) is 0 Å². The summed E-state index contributed by atoms with van der Waals surface area (Å²) in [6.07, 6.45) is 0.806. The van der Waals surface area contributed by atoms with Crippen molar-refractivity contribution in [2.45, 2.75) is 6.92 Å². The summed E-state index contributed by atoms with van der Waals surface area (Å²) in [4.78, 5) is 14.2. The summed E-state index contributed by atoms with van der Waals surface area (Å²) in [5.41, 5.74) is 0. The van der Waals surface area contributed by atoms with Gasteiger partial charge in [-0.2, -0.15) is 0 Å². The summed E-state index contributed by atoms with van der Waals surface area (Å²) in [5.74, 6) is -0.332. The zero-order chi connectivity index (χ0) is 6.57. The Morgan fingerprint density at radius 1 is 1.88 bits per heavy atom. The highest BCUT2D eigenvalue weighted by molar-refractivity contribution is 6.24. The molecule has 0 heterocycles. The topological polar surface area (TPSA) is 52.4 Å². The molecule has 0 radical (unpaired) electrons. The fourth-order valence-electron chi connectivity index (χ4n) is 0.201. The van der Waals surface area contributed by atoms with Crippen LogP contribution in [0.15, 0.2) is 0 Å². The summed E-state index contributed by atoms with van der Waals surface area (Å²) in [5, 5.41) is 10.0. The second kappa shape index (κ2) is 3.01. The molecule has 0 N–H and O–H groups in total. The molecule has 0 fully saturated rings. The number of hydrogen-bond donors (Lipinski definition) is 0. The summed E-state index contributed by atoms with van der Waals surface area (Å²) < 4.78 is 0. The smallest absolute Gasteiger partial charge is 0.275 e. The van der Waals surface area contributed by atoms with Gasteiger partial charge in [0.25, 0.3) is 6.21 Å². The normalized spacial score (nSPS) is 11.0. The van der Waals surface area contributed by atoms with Crippen molar-refractivity contribution >= 4 is 12.0 Å². The quantitative estimate of drug-likeness (QED) is 0.284. The van der Waals surface area contributed by atoms with E-state index in [9.17, 15) is 10.0 Å². The van der Waals surface area contributed by atoms with Gasteiger partial charge >= 0.3 is 0 Å². The average Bonchev–Trinajstić information content (AvgIpc) is 1.65. The van der Waals surface area contributed by atoms with Gasteiger partial charge in [0.2, 0.25) is 5.78 Å². The molecule has 0 aliphatic carbocycles. The fourth-order valence-corrected chi connectivity index (χ4v) is 0.201. The van der Waals surface area contributed by atoms with E-state index in [-0.39, 0.29) is 10.7 Å². The molecule has 8 heavy (non-hydrogen) atoms. The van der Waals surface area contributed by atoms with Gasteiger partial charge in [0.15, 0.2) is 0 Å². The summed E-state index contributed by atoms with van der Waals surface area (Å²) >= 11 is 0. The number of hydrogen-bond acceptors (Lipinski definition) is 3. The van der Waals surface area contributed by atoms with Crippen LogP contribution in [0.4, 0.5) is 0 Å². The van der Waals surface area contributed by atoms with E-state index in [0.717, 1.165) is 6.21 Å². The van der Waals surface area contributed by atoms with Crippen molar-refractivity contribution in [3.63, 3.8) is 0 Å². The maximum Gasteiger partial charge on any atom is 0.275 e. The van der Waals surface area contributed by atoms with E-state index in [1.807, 2.05) is 0 Å². The lowest BCUT2D eigenvalue weighted by molar-refractivity contribution is -0.729. The first-order valence-electron chi connectivity index (χ1n) is 2.02. The van der Waals surface area contributed by atoms with Crippen LogP contribution in [0.1, 0.15) is 6.92 Å². The molecule has 4 nitrogen and oxygen atoms in total. The zero-order valence-electron chi connectivity index (χ0n) is 4.75. The van der Waals surface area contributed by atoms with Gasteiger partial charge in [-0.25, -0.2) is 0 Å². The molecule has 0 aromatic heterocycles. The van der Waals surface area contributed by atoms with Gasteiger partial charge in [-0.3, -0.25) is 10.0 Å². The summed E-state index contributed by atoms with van der Waals surface area (Å²) in [6, 6.07) is 0. The fraction of sp³-hybridized carbons (Fsp3) is 0.500. The van der Waals surface area contributed by atoms with Crippen LogP contribution >= 0.6 is 0 Å². The Hall–Kier alpha value is -1.06. The maximum absolute atomic E-state index is 10.0. The number of ketones is 1. The SMILES string of the molecule is CO[N+]([O-])=CC(C)=O. The third-order valence-electron chi connectivity index (χ3n) is 0.467. The molecule has 0 aliphatic heterocycles. The molecule has 4 heteroatoms. The standard InChI is InChI=1S/C4H7NO3/c1-4(6)3-5(7)8-2/h3H,1-2H3. The minimum atomic E-state index is -0.332. The van der Waals surface area contributed by atoms with Crippen molar-refractivity contribution in [1.82, 2.24) is 0 Å². The van der Waals surface area contributed by atoms with E-state index in [4.69, 9.17) is 0 Å². The third-order valence-corrected chi connectivity index (χ3v) is 0.467. The molecule has 0 amide bonds. The lowest BCUT2D eigenvalue weighted by atomic mass is 10.5. The van der Waals surface area contributed by atoms with Crippen LogP contribution in [0.5, 0.6) is 0 Å². The molecular formula is C4H7NO3. The minimum Gasteiger partial charge on any atom is -0.406 e. The Morgan fingerprint density at radius 2 is 2.38 bits per heavy atom. The first-order valence-corrected chi connectivity index (χ1v) is 2.02. The van der Waals surface area contributed by atoms with Gasteiger partial charge in [0, 0.05) is 18.9 Å². The molecule has 0 saturated heterocycles. The average molecular weight is 117 g/mol. The number of Topliss-reactive ketones (excluding diaryl/α,β-unsaturated/α-hetero) is 1. The largest absolute Gasteiger partial charge is 0.406 e. The second-order valence-electron chi connectivity index (χ2n) is 1.21. The van der Waals surface area contributed by atoms with Crippen molar-refractivity contribution in [2.75, 3.05) is 7.11 Å². The Morgan fingerprint density at radius 3 is 2.50 bits per heavy atom. The molecular weight excluding hydrogens is 110 g/mol. The van der Waals surface area contributed by atoms with E-state index in [1.54, 1.807) is 0 Å². The minimum absolute atomic E-state index is 0.0995. The van der Waals surface area contributed by atoms with Gasteiger partial charge in [-0.05, 0) is 0 Å². The molecule has 0 rings (SSSR count). The number of rotatable bonds is 2. The highest BCUT2D eigenvalue weighted by atomic mass is 16.8. The van der Waals surface area contributed by atoms with Gasteiger partial charge in [0.05, 0.1) is 0 Å². The molecule has 0 atom stereocenters. The van der Waals surface area contributed by atoms with E-state index in [2.05, 4.69) is 4.84 Å². The predicted molar refractivity (Wildman–Crippen MR) is 27.4 cm³/mol. The lowest BCUT2D eigenvalue weighted by Gasteiger charge is -1.91. The highest BCUT2D eigenvalue weighted by Gasteiger charge is 1.92. The van der Waals surface area contributed by atoms with E-state index in [0.29, 0.717) is 0 Å². The summed E-state index contributed by atoms with van der Waals surface area (Å²) in [7, 11) is 1.19. The van der Waals surface area contributed by atoms with Crippen molar-refractivity contribution in [2.24, 2.45) is 0 Å². The Balaban J connectivity index is 3.75. The number of carbonyl (C=O) groups excluding carboxylic acids is 1. The molecule has 0 aliphatic rings. The van der Waals surface area contributed by atoms with Gasteiger partial charge in [0.1, 0.15) is 0 Å². The maximum atomic E-state index is 10.0. The first kappa shape index (κ1) is 6.94. The van der Waals surface area contributed by atoms with Crippen LogP contribution in [-0.2, 0) is 9.63 Å². The molecule has 0 bridgehead atoms. The van der Waals surface area contributed by atoms with Crippen LogP contribution in [0, 0.1) is 5.21 Å². The molecule has 0 saturated carbocycles. The molecule has 0 unspecified atom stereocenters. The van der Waals surface area contributed by atoms with Crippen LogP contribution < -0.4 is 0 Å². The first-order chi connectivity index (χ1) is 3.66. The zero-order valence-corrected chi connectivity index (χ0v) is 4.75. The molecule has 46 valence electrons. The van der Waals surface area contributed by atoms with Crippen LogP contribution in [-0.4, -0.2) is 24.0 Å². The molecule has 0 aromatic rings. The van der Waals surface area contributed by atoms with Crippen LogP contribution in [0.3, 0.4) is 0 Å². The Labute approximate surface area is 46.9 Å². The van der Waals surface area contributed by atoms with E-state index >= 15 is 0 Å². The predicted octanol–water partition coefficient (Wildman–Crippen LogP) is -0.282. The van der Waals surface area contributed by atoms with E-state index < -0.39 is 0 Å². The third kappa shape index (κ3) is 3.14. The number of carbonyl (C=O) groups is 1. The Kier molecular flexibility index (Phi) is 2.61. The van der Waals surface area contributed by atoms with Gasteiger partial charge in [-0.15, -0.1) is 0 Å². The van der Waals surface area contributed by atoms with Crippen molar-refractivity contribution < 1.29 is 14.5 Å². The monoisotopic (exact) mass is 117 g/mol. The van der Waals surface area contributed by atoms with Gasteiger partial charge in [-0.1, -0.05) is 0 Å². The Bertz CT molecular complexity index is 118. The molecule has 0 aromatic carbocycles. The summed E-state index contributed by atoms with van der Waals surface area (Å²) in [6.45, 7) is 1.27. The van der Waals surface area contributed by atoms with Crippen molar-refractivity contribution in [3.8, 4) is 0 Å². The second-order valence-corrected chi connectivity index (χ2v) is 1.21.